The standard InChI is InChI=1S/C30H38N2O2.2ClH/c1-23(2)28-15-14-24(3)20-29(28)34-22-27(33)21-31-16-18-32(19-17-31)30(25-10-6-4-7-11-25)26-12-8-5-9-13-26;;/h4-15,20,23,27,30,33H,16-19,21-22H2,1-3H3;2*1H/p-2. The van der Waals surface area contributed by atoms with Crippen LogP contribution in [0.4, 0.5) is 0 Å². The highest BCUT2D eigenvalue weighted by Crippen LogP contribution is 2.30. The number of hydrogen-bond donors (Lipinski definition) is 1. The van der Waals surface area contributed by atoms with Crippen LogP contribution in [0.25, 0.3) is 0 Å². The van der Waals surface area contributed by atoms with E-state index in [9.17, 15) is 5.11 Å². The number of benzene rings is 3. The normalized spacial score (nSPS) is 15.3. The van der Waals surface area contributed by atoms with E-state index < -0.39 is 6.10 Å². The Kier molecular flexibility index (Phi) is 12.2. The highest BCUT2D eigenvalue weighted by atomic mass is 35.5. The van der Waals surface area contributed by atoms with E-state index in [0.29, 0.717) is 19.1 Å². The van der Waals surface area contributed by atoms with E-state index in [2.05, 4.69) is 109 Å². The number of nitrogens with zero attached hydrogens (tertiary/aromatic N) is 2. The summed E-state index contributed by atoms with van der Waals surface area (Å²) >= 11 is 0. The van der Waals surface area contributed by atoms with E-state index >= 15 is 0 Å². The molecule has 1 N–H and O–H groups in total. The van der Waals surface area contributed by atoms with Gasteiger partial charge in [0.1, 0.15) is 18.5 Å². The molecule has 4 rings (SSSR count). The molecule has 0 aromatic heterocycles. The first-order valence-electron chi connectivity index (χ1n) is 12.5. The second-order valence-electron chi connectivity index (χ2n) is 9.72. The number of aliphatic hydroxyl groups is 1. The van der Waals surface area contributed by atoms with Crippen molar-refractivity contribution in [3.8, 4) is 5.75 Å². The van der Waals surface area contributed by atoms with Gasteiger partial charge in [-0.2, -0.15) is 0 Å². The summed E-state index contributed by atoms with van der Waals surface area (Å²) in [5.74, 6) is 1.29. The Labute approximate surface area is 229 Å². The van der Waals surface area contributed by atoms with Crippen LogP contribution in [0.1, 0.15) is 48.1 Å². The van der Waals surface area contributed by atoms with E-state index in [1.807, 2.05) is 0 Å². The van der Waals surface area contributed by atoms with Crippen molar-refractivity contribution in [2.75, 3.05) is 39.3 Å². The van der Waals surface area contributed by atoms with Gasteiger partial charge in [0.2, 0.25) is 0 Å². The molecule has 1 aliphatic heterocycles. The predicted octanol–water partition coefficient (Wildman–Crippen LogP) is -0.727. The largest absolute Gasteiger partial charge is 1.00 e. The number of halogens is 2. The van der Waals surface area contributed by atoms with Gasteiger partial charge in [-0.25, -0.2) is 0 Å². The Hall–Kier alpha value is -2.08. The summed E-state index contributed by atoms with van der Waals surface area (Å²) < 4.78 is 6.07. The van der Waals surface area contributed by atoms with Crippen molar-refractivity contribution in [2.24, 2.45) is 0 Å². The molecule has 0 radical (unpaired) electrons. The Morgan fingerprint density at radius 2 is 1.36 bits per heavy atom. The van der Waals surface area contributed by atoms with Gasteiger partial charge in [0.25, 0.3) is 0 Å². The average Bonchev–Trinajstić information content (AvgIpc) is 2.85. The van der Waals surface area contributed by atoms with Crippen LogP contribution < -0.4 is 29.6 Å². The summed E-state index contributed by atoms with van der Waals surface area (Å²) in [4.78, 5) is 4.92. The summed E-state index contributed by atoms with van der Waals surface area (Å²) in [6.45, 7) is 11.2. The molecule has 4 nitrogen and oxygen atoms in total. The zero-order valence-corrected chi connectivity index (χ0v) is 23.0. The maximum atomic E-state index is 10.7. The van der Waals surface area contributed by atoms with Gasteiger partial charge in [0.05, 0.1) is 6.04 Å². The van der Waals surface area contributed by atoms with E-state index in [4.69, 9.17) is 4.74 Å². The minimum Gasteiger partial charge on any atom is -1.00 e. The van der Waals surface area contributed by atoms with Crippen molar-refractivity contribution in [3.05, 3.63) is 101 Å². The molecule has 3 aromatic carbocycles. The van der Waals surface area contributed by atoms with Gasteiger partial charge in [-0.15, -0.1) is 0 Å². The highest BCUT2D eigenvalue weighted by molar-refractivity contribution is 5.39. The maximum Gasteiger partial charge on any atom is 0.123 e. The van der Waals surface area contributed by atoms with Crippen LogP contribution in [0.15, 0.2) is 78.9 Å². The summed E-state index contributed by atoms with van der Waals surface area (Å²) in [5, 5.41) is 10.7. The molecule has 0 amide bonds. The van der Waals surface area contributed by atoms with Gasteiger partial charge >= 0.3 is 0 Å². The molecule has 3 aromatic rings. The highest BCUT2D eigenvalue weighted by Gasteiger charge is 2.27. The van der Waals surface area contributed by atoms with Crippen LogP contribution in [0.3, 0.4) is 0 Å². The topological polar surface area (TPSA) is 35.9 Å². The second-order valence-corrected chi connectivity index (χ2v) is 9.72. The number of hydrogen-bond acceptors (Lipinski definition) is 4. The van der Waals surface area contributed by atoms with Crippen molar-refractivity contribution in [2.45, 2.75) is 38.8 Å². The quantitative estimate of drug-likeness (QED) is 0.397. The minimum atomic E-state index is -0.508. The van der Waals surface area contributed by atoms with Crippen molar-refractivity contribution in [1.29, 1.82) is 0 Å². The molecule has 0 bridgehead atoms. The Morgan fingerprint density at radius 3 is 1.89 bits per heavy atom. The first-order chi connectivity index (χ1) is 16.5. The Morgan fingerprint density at radius 1 is 0.806 bits per heavy atom. The first-order valence-corrected chi connectivity index (χ1v) is 12.5. The third-order valence-electron chi connectivity index (χ3n) is 6.69. The molecule has 0 aliphatic carbocycles. The van der Waals surface area contributed by atoms with Gasteiger partial charge in [-0.3, -0.25) is 9.80 Å². The zero-order valence-electron chi connectivity index (χ0n) is 21.5. The zero-order chi connectivity index (χ0) is 23.9. The summed E-state index contributed by atoms with van der Waals surface area (Å²) in [6.07, 6.45) is -0.508. The van der Waals surface area contributed by atoms with Gasteiger partial charge < -0.3 is 34.7 Å². The van der Waals surface area contributed by atoms with Crippen LogP contribution in [0.2, 0.25) is 0 Å². The van der Waals surface area contributed by atoms with Crippen LogP contribution in [0, 0.1) is 6.92 Å². The SMILES string of the molecule is Cc1ccc(C(C)C)c(OCC(O)CN2CCN(C(c3ccccc3)c3ccccc3)CC2)c1.[Cl-].[Cl-]. The Bertz CT molecular complexity index is 986. The number of aliphatic hydroxyl groups excluding tert-OH is 1. The molecule has 1 fully saturated rings. The van der Waals surface area contributed by atoms with E-state index in [1.54, 1.807) is 0 Å². The van der Waals surface area contributed by atoms with Crippen LogP contribution in [0.5, 0.6) is 5.75 Å². The van der Waals surface area contributed by atoms with E-state index in [0.717, 1.165) is 31.9 Å². The van der Waals surface area contributed by atoms with Crippen LogP contribution in [-0.4, -0.2) is 60.3 Å². The van der Waals surface area contributed by atoms with Crippen LogP contribution in [-0.2, 0) is 0 Å². The van der Waals surface area contributed by atoms with Crippen molar-refractivity contribution >= 4 is 0 Å². The molecule has 1 atom stereocenters. The number of β-amino-alcohol motifs (C(OH)–C–C–N with tert-alkyl or cyclic N) is 1. The van der Waals surface area contributed by atoms with Crippen molar-refractivity contribution < 1.29 is 34.7 Å². The van der Waals surface area contributed by atoms with E-state index in [1.165, 1.54) is 22.3 Å². The summed E-state index contributed by atoms with van der Waals surface area (Å²) in [7, 11) is 0. The number of aryl methyl sites for hydroxylation is 1. The molecule has 0 saturated carbocycles. The van der Waals surface area contributed by atoms with E-state index in [-0.39, 0.29) is 30.9 Å². The van der Waals surface area contributed by atoms with Gasteiger partial charge in [-0.1, -0.05) is 86.6 Å². The number of ether oxygens (including phenoxy) is 1. The lowest BCUT2D eigenvalue weighted by molar-refractivity contribution is -0.001000. The third-order valence-corrected chi connectivity index (χ3v) is 6.69. The molecule has 1 aliphatic rings. The van der Waals surface area contributed by atoms with Crippen molar-refractivity contribution in [1.82, 2.24) is 9.80 Å². The van der Waals surface area contributed by atoms with Gasteiger partial charge in [0.15, 0.2) is 0 Å². The lowest BCUT2D eigenvalue weighted by atomic mass is 9.96. The fourth-order valence-corrected chi connectivity index (χ4v) is 4.87. The molecule has 0 spiro atoms. The molecule has 196 valence electrons. The molecular formula is C30H38Cl2N2O2-2. The third kappa shape index (κ3) is 7.96. The summed E-state index contributed by atoms with van der Waals surface area (Å²) in [6, 6.07) is 28.1. The average molecular weight is 530 g/mol. The Balaban J connectivity index is 0.00000228. The summed E-state index contributed by atoms with van der Waals surface area (Å²) in [5.41, 5.74) is 5.03. The molecule has 1 heterocycles. The fourth-order valence-electron chi connectivity index (χ4n) is 4.87. The monoisotopic (exact) mass is 528 g/mol. The number of rotatable bonds is 9. The molecular weight excluding hydrogens is 491 g/mol. The minimum absolute atomic E-state index is 0. The smallest absolute Gasteiger partial charge is 0.123 e. The number of piperazine rings is 1. The fraction of sp³-hybridized carbons (Fsp3) is 0.400. The van der Waals surface area contributed by atoms with Gasteiger partial charge in [0, 0.05) is 32.7 Å². The molecule has 1 unspecified atom stereocenters. The molecule has 6 heteroatoms. The molecule has 1 saturated heterocycles. The first kappa shape index (κ1) is 30.1. The lowest BCUT2D eigenvalue weighted by Gasteiger charge is -2.40. The lowest BCUT2D eigenvalue weighted by Crippen LogP contribution is -3.00. The van der Waals surface area contributed by atoms with Crippen molar-refractivity contribution in [3.63, 3.8) is 0 Å². The second kappa shape index (κ2) is 14.6. The predicted molar refractivity (Wildman–Crippen MR) is 140 cm³/mol. The molecule has 36 heavy (non-hydrogen) atoms. The van der Waals surface area contributed by atoms with Crippen LogP contribution >= 0.6 is 0 Å². The van der Waals surface area contributed by atoms with Gasteiger partial charge in [-0.05, 0) is 41.2 Å². The maximum absolute atomic E-state index is 10.7.